The number of hydrogen-bond acceptors (Lipinski definition) is 2. The molecule has 0 N–H and O–H groups in total. The maximum Gasteiger partial charge on any atom is 0.131 e. The topological polar surface area (TPSA) is 24.7 Å². The number of aryl methyl sites for hydroxylation is 2. The van der Waals surface area contributed by atoms with Crippen molar-refractivity contribution in [1.29, 1.82) is 0 Å². The lowest BCUT2D eigenvalue weighted by Gasteiger charge is -2.04. The highest BCUT2D eigenvalue weighted by Crippen LogP contribution is 2.23. The number of halogens is 1. The van der Waals surface area contributed by atoms with E-state index in [0.717, 1.165) is 22.3 Å². The molecule has 3 aromatic carbocycles. The Bertz CT molecular complexity index is 908. The van der Waals surface area contributed by atoms with Gasteiger partial charge < -0.3 is 0 Å². The van der Waals surface area contributed by atoms with Crippen molar-refractivity contribution in [3.63, 3.8) is 0 Å². The van der Waals surface area contributed by atoms with Crippen molar-refractivity contribution in [3.8, 4) is 11.1 Å². The Labute approximate surface area is 147 Å². The van der Waals surface area contributed by atoms with E-state index in [2.05, 4.69) is 10.2 Å². The van der Waals surface area contributed by atoms with Crippen LogP contribution in [0.5, 0.6) is 0 Å². The van der Waals surface area contributed by atoms with Crippen molar-refractivity contribution in [1.82, 2.24) is 0 Å². The van der Waals surface area contributed by atoms with Crippen LogP contribution in [0.1, 0.15) is 22.3 Å². The average Bonchev–Trinajstić information content (AvgIpc) is 2.61. The molecule has 0 saturated carbocycles. The Morgan fingerprint density at radius 1 is 0.680 bits per heavy atom. The van der Waals surface area contributed by atoms with Crippen molar-refractivity contribution in [3.05, 3.63) is 94.8 Å². The fraction of sp³-hybridized carbons (Fsp3) is 0.0909. The maximum atomic E-state index is 14.0. The van der Waals surface area contributed by atoms with Gasteiger partial charge in [-0.2, -0.15) is 10.2 Å². The minimum atomic E-state index is -0.205. The summed E-state index contributed by atoms with van der Waals surface area (Å²) in [7, 11) is 0. The second kappa shape index (κ2) is 7.67. The third-order valence-corrected chi connectivity index (χ3v) is 3.90. The molecule has 0 heterocycles. The van der Waals surface area contributed by atoms with Gasteiger partial charge in [0.15, 0.2) is 0 Å². The quantitative estimate of drug-likeness (QED) is 0.442. The van der Waals surface area contributed by atoms with Gasteiger partial charge in [0, 0.05) is 5.56 Å². The first-order valence-electron chi connectivity index (χ1n) is 8.11. The normalized spacial score (nSPS) is 11.5. The van der Waals surface area contributed by atoms with Gasteiger partial charge in [0.2, 0.25) is 0 Å². The molecule has 3 aromatic rings. The molecule has 0 radical (unpaired) electrons. The first kappa shape index (κ1) is 16.8. The molecule has 0 aromatic heterocycles. The summed E-state index contributed by atoms with van der Waals surface area (Å²) in [5.41, 5.74) is 5.50. The Morgan fingerprint density at radius 3 is 1.76 bits per heavy atom. The molecule has 3 heteroatoms. The summed E-state index contributed by atoms with van der Waals surface area (Å²) in [6.07, 6.45) is 3.39. The zero-order valence-electron chi connectivity index (χ0n) is 14.3. The Balaban J connectivity index is 1.69. The minimum Gasteiger partial charge on any atom is -0.206 e. The molecule has 0 atom stereocenters. The summed E-state index contributed by atoms with van der Waals surface area (Å²) in [4.78, 5) is 0. The van der Waals surface area contributed by atoms with Crippen LogP contribution in [0, 0.1) is 19.7 Å². The van der Waals surface area contributed by atoms with Gasteiger partial charge in [-0.15, -0.1) is 0 Å². The largest absolute Gasteiger partial charge is 0.206 e. The summed E-state index contributed by atoms with van der Waals surface area (Å²) < 4.78 is 14.0. The van der Waals surface area contributed by atoms with Crippen LogP contribution in [0.2, 0.25) is 0 Å². The predicted octanol–water partition coefficient (Wildman–Crippen LogP) is 5.56. The molecular formula is C22H19FN2. The molecule has 0 spiro atoms. The van der Waals surface area contributed by atoms with Crippen molar-refractivity contribution in [2.45, 2.75) is 13.8 Å². The van der Waals surface area contributed by atoms with Gasteiger partial charge in [0.1, 0.15) is 5.82 Å². The fourth-order valence-corrected chi connectivity index (χ4v) is 2.46. The van der Waals surface area contributed by atoms with E-state index in [1.807, 2.05) is 68.4 Å². The van der Waals surface area contributed by atoms with Gasteiger partial charge in [-0.05, 0) is 42.2 Å². The maximum absolute atomic E-state index is 14.0. The lowest BCUT2D eigenvalue weighted by atomic mass is 10.0. The summed E-state index contributed by atoms with van der Waals surface area (Å²) in [6.45, 7) is 3.93. The Kier molecular flexibility index (Phi) is 5.14. The fourth-order valence-electron chi connectivity index (χ4n) is 2.46. The molecule has 0 aliphatic heterocycles. The van der Waals surface area contributed by atoms with Crippen LogP contribution in [0.4, 0.5) is 4.39 Å². The molecule has 0 bridgehead atoms. The van der Waals surface area contributed by atoms with E-state index >= 15 is 0 Å². The van der Waals surface area contributed by atoms with E-state index in [-0.39, 0.29) is 5.82 Å². The molecule has 0 aliphatic carbocycles. The number of hydrogen-bond donors (Lipinski definition) is 0. The predicted molar refractivity (Wildman–Crippen MR) is 103 cm³/mol. The lowest BCUT2D eigenvalue weighted by Crippen LogP contribution is -1.87. The molecule has 2 nitrogen and oxygen atoms in total. The second-order valence-corrected chi connectivity index (χ2v) is 6.01. The van der Waals surface area contributed by atoms with Crippen molar-refractivity contribution < 1.29 is 4.39 Å². The number of benzene rings is 3. The van der Waals surface area contributed by atoms with Gasteiger partial charge in [-0.3, -0.25) is 0 Å². The van der Waals surface area contributed by atoms with E-state index in [4.69, 9.17) is 0 Å². The van der Waals surface area contributed by atoms with Gasteiger partial charge in [-0.25, -0.2) is 4.39 Å². The minimum absolute atomic E-state index is 0.205. The molecule has 0 fully saturated rings. The van der Waals surface area contributed by atoms with Crippen LogP contribution in [0.25, 0.3) is 11.1 Å². The first-order valence-corrected chi connectivity index (χ1v) is 8.11. The standard InChI is InChI=1S/C22H19FN2/c1-16-3-6-18(7-4-16)14-24-25-15-19-8-10-20(11-9-19)21-12-5-17(2)13-22(21)23/h3-15H,1-2H3/b24-14-,25-15-. The molecule has 25 heavy (non-hydrogen) atoms. The Morgan fingerprint density at radius 2 is 1.20 bits per heavy atom. The monoisotopic (exact) mass is 330 g/mol. The second-order valence-electron chi connectivity index (χ2n) is 6.01. The van der Waals surface area contributed by atoms with Crippen LogP contribution in [0.3, 0.4) is 0 Å². The van der Waals surface area contributed by atoms with Crippen molar-refractivity contribution in [2.24, 2.45) is 10.2 Å². The summed E-state index contributed by atoms with van der Waals surface area (Å²) in [5, 5.41) is 8.12. The zero-order chi connectivity index (χ0) is 17.6. The Hall–Kier alpha value is -3.07. The SMILES string of the molecule is Cc1ccc(/C=N\N=C/c2ccc(-c3ccc(C)cc3F)cc2)cc1. The van der Waals surface area contributed by atoms with Crippen LogP contribution in [0.15, 0.2) is 76.9 Å². The van der Waals surface area contributed by atoms with Gasteiger partial charge >= 0.3 is 0 Å². The van der Waals surface area contributed by atoms with Crippen LogP contribution < -0.4 is 0 Å². The summed E-state index contributed by atoms with van der Waals surface area (Å²) in [5.74, 6) is -0.205. The molecule has 0 saturated heterocycles. The molecule has 0 aliphatic rings. The van der Waals surface area contributed by atoms with Gasteiger partial charge in [0.25, 0.3) is 0 Å². The molecule has 0 amide bonds. The van der Waals surface area contributed by atoms with Crippen LogP contribution in [-0.4, -0.2) is 12.4 Å². The molecule has 124 valence electrons. The highest BCUT2D eigenvalue weighted by molar-refractivity contribution is 5.83. The molecule has 0 unspecified atom stereocenters. The highest BCUT2D eigenvalue weighted by atomic mass is 19.1. The molecular weight excluding hydrogens is 311 g/mol. The van der Waals surface area contributed by atoms with E-state index < -0.39 is 0 Å². The number of rotatable bonds is 4. The highest BCUT2D eigenvalue weighted by Gasteiger charge is 2.04. The summed E-state index contributed by atoms with van der Waals surface area (Å²) in [6, 6.07) is 20.9. The lowest BCUT2D eigenvalue weighted by molar-refractivity contribution is 0.630. The third-order valence-electron chi connectivity index (χ3n) is 3.90. The summed E-state index contributed by atoms with van der Waals surface area (Å²) >= 11 is 0. The van der Waals surface area contributed by atoms with Crippen molar-refractivity contribution >= 4 is 12.4 Å². The van der Waals surface area contributed by atoms with E-state index in [1.54, 1.807) is 24.6 Å². The van der Waals surface area contributed by atoms with Gasteiger partial charge in [-0.1, -0.05) is 66.2 Å². The van der Waals surface area contributed by atoms with Crippen LogP contribution in [-0.2, 0) is 0 Å². The molecule has 3 rings (SSSR count). The zero-order valence-corrected chi connectivity index (χ0v) is 14.3. The van der Waals surface area contributed by atoms with Gasteiger partial charge in [0.05, 0.1) is 12.4 Å². The van der Waals surface area contributed by atoms with E-state index in [0.29, 0.717) is 5.56 Å². The van der Waals surface area contributed by atoms with Crippen LogP contribution >= 0.6 is 0 Å². The average molecular weight is 330 g/mol. The first-order chi connectivity index (χ1) is 12.1. The van der Waals surface area contributed by atoms with E-state index in [1.165, 1.54) is 5.56 Å². The smallest absolute Gasteiger partial charge is 0.131 e. The van der Waals surface area contributed by atoms with Crippen molar-refractivity contribution in [2.75, 3.05) is 0 Å². The van der Waals surface area contributed by atoms with E-state index in [9.17, 15) is 4.39 Å². The number of nitrogens with zero attached hydrogens (tertiary/aromatic N) is 2. The third kappa shape index (κ3) is 4.48.